The van der Waals surface area contributed by atoms with Gasteiger partial charge in [0.2, 0.25) is 0 Å². The van der Waals surface area contributed by atoms with Crippen LogP contribution in [0.4, 0.5) is 10.1 Å². The van der Waals surface area contributed by atoms with E-state index in [-0.39, 0.29) is 17.5 Å². The van der Waals surface area contributed by atoms with Crippen LogP contribution in [0.3, 0.4) is 0 Å². The van der Waals surface area contributed by atoms with Gasteiger partial charge in [0.25, 0.3) is 5.91 Å². The summed E-state index contributed by atoms with van der Waals surface area (Å²) in [6.07, 6.45) is 0. The summed E-state index contributed by atoms with van der Waals surface area (Å²) in [4.78, 5) is 16.3. The largest absolute Gasteiger partial charge is 0.497 e. The number of hydrogen-bond donors (Lipinski definition) is 0. The molecule has 3 rings (SSSR count). The van der Waals surface area contributed by atoms with Crippen molar-refractivity contribution in [1.82, 2.24) is 4.90 Å². The van der Waals surface area contributed by atoms with Crippen LogP contribution in [0.25, 0.3) is 0 Å². The van der Waals surface area contributed by atoms with E-state index in [2.05, 4.69) is 4.90 Å². The molecule has 0 radical (unpaired) electrons. The van der Waals surface area contributed by atoms with E-state index in [1.807, 2.05) is 24.3 Å². The molecule has 1 aliphatic rings. The zero-order chi connectivity index (χ0) is 18.5. The minimum absolute atomic E-state index is 0.0249. The summed E-state index contributed by atoms with van der Waals surface area (Å²) in [5.74, 6) is 0.585. The summed E-state index contributed by atoms with van der Waals surface area (Å²) in [5, 5.41) is -0.0249. The van der Waals surface area contributed by atoms with Crippen LogP contribution >= 0.6 is 11.6 Å². The third kappa shape index (κ3) is 4.38. The van der Waals surface area contributed by atoms with Crippen molar-refractivity contribution in [3.63, 3.8) is 0 Å². The average Bonchev–Trinajstić information content (AvgIpc) is 2.69. The van der Waals surface area contributed by atoms with Crippen molar-refractivity contribution in [2.24, 2.45) is 0 Å². The lowest BCUT2D eigenvalue weighted by Crippen LogP contribution is -2.50. The van der Waals surface area contributed by atoms with E-state index >= 15 is 0 Å². The van der Waals surface area contributed by atoms with E-state index in [1.165, 1.54) is 18.2 Å². The van der Waals surface area contributed by atoms with E-state index in [4.69, 9.17) is 21.1 Å². The van der Waals surface area contributed by atoms with E-state index in [0.717, 1.165) is 24.5 Å². The second-order valence-electron chi connectivity index (χ2n) is 5.93. The number of carbonyl (C=O) groups is 1. The Labute approximate surface area is 156 Å². The Balaban J connectivity index is 1.49. The molecule has 0 atom stereocenters. The molecule has 1 fully saturated rings. The third-order valence-electron chi connectivity index (χ3n) is 4.32. The van der Waals surface area contributed by atoms with Crippen LogP contribution in [-0.4, -0.2) is 50.7 Å². The van der Waals surface area contributed by atoms with Crippen molar-refractivity contribution >= 4 is 23.2 Å². The van der Waals surface area contributed by atoms with Gasteiger partial charge in [-0.3, -0.25) is 4.79 Å². The number of methoxy groups -OCH3 is 1. The molecule has 0 aromatic heterocycles. The smallest absolute Gasteiger partial charge is 0.260 e. The normalized spacial score (nSPS) is 14.3. The highest BCUT2D eigenvalue weighted by Crippen LogP contribution is 2.22. The first-order chi connectivity index (χ1) is 12.6. The van der Waals surface area contributed by atoms with Crippen molar-refractivity contribution in [3.8, 4) is 11.5 Å². The molecule has 0 spiro atoms. The van der Waals surface area contributed by atoms with Gasteiger partial charge in [0.1, 0.15) is 17.3 Å². The number of ether oxygens (including phenoxy) is 2. The number of hydrogen-bond acceptors (Lipinski definition) is 4. The van der Waals surface area contributed by atoms with Crippen molar-refractivity contribution in [3.05, 3.63) is 53.3 Å². The quantitative estimate of drug-likeness (QED) is 0.801. The maximum Gasteiger partial charge on any atom is 0.260 e. The number of anilines is 1. The number of piperazine rings is 1. The van der Waals surface area contributed by atoms with Crippen LogP contribution in [0, 0.1) is 5.82 Å². The van der Waals surface area contributed by atoms with Crippen molar-refractivity contribution in [2.45, 2.75) is 0 Å². The molecule has 1 amide bonds. The fraction of sp³-hybridized carbons (Fsp3) is 0.316. The number of rotatable bonds is 5. The summed E-state index contributed by atoms with van der Waals surface area (Å²) in [6, 6.07) is 11.9. The Hall–Kier alpha value is -2.47. The summed E-state index contributed by atoms with van der Waals surface area (Å²) in [5.41, 5.74) is 1.11. The second-order valence-corrected chi connectivity index (χ2v) is 6.34. The fourth-order valence-electron chi connectivity index (χ4n) is 2.81. The van der Waals surface area contributed by atoms with Gasteiger partial charge in [0, 0.05) is 37.9 Å². The molecule has 1 aliphatic heterocycles. The van der Waals surface area contributed by atoms with Gasteiger partial charge in [-0.05, 0) is 36.4 Å². The molecular formula is C19H20ClFN2O3. The Morgan fingerprint density at radius 2 is 1.73 bits per heavy atom. The fourth-order valence-corrected chi connectivity index (χ4v) is 2.98. The Morgan fingerprint density at radius 3 is 2.35 bits per heavy atom. The molecule has 0 bridgehead atoms. The van der Waals surface area contributed by atoms with Gasteiger partial charge in [-0.15, -0.1) is 0 Å². The minimum Gasteiger partial charge on any atom is -0.497 e. The molecule has 5 nitrogen and oxygen atoms in total. The van der Waals surface area contributed by atoms with Crippen molar-refractivity contribution in [2.75, 3.05) is 44.8 Å². The zero-order valence-corrected chi connectivity index (χ0v) is 15.2. The first-order valence-electron chi connectivity index (χ1n) is 8.31. The maximum atomic E-state index is 13.1. The highest BCUT2D eigenvalue weighted by molar-refractivity contribution is 6.30. The van der Waals surface area contributed by atoms with E-state index in [1.54, 1.807) is 12.0 Å². The Kier molecular flexibility index (Phi) is 5.83. The van der Waals surface area contributed by atoms with Crippen LogP contribution < -0.4 is 14.4 Å². The monoisotopic (exact) mass is 378 g/mol. The minimum atomic E-state index is -0.514. The Bertz CT molecular complexity index is 762. The summed E-state index contributed by atoms with van der Waals surface area (Å²) in [7, 11) is 1.64. The summed E-state index contributed by atoms with van der Waals surface area (Å²) < 4.78 is 23.7. The molecule has 0 aliphatic carbocycles. The standard InChI is InChI=1S/C19H20ClFN2O3/c1-25-15-4-2-14(3-5-15)22-8-10-23(11-9-22)19(24)13-26-16-6-7-18(21)17(20)12-16/h2-7,12H,8-11,13H2,1H3. The molecule has 26 heavy (non-hydrogen) atoms. The third-order valence-corrected chi connectivity index (χ3v) is 4.61. The topological polar surface area (TPSA) is 42.0 Å². The highest BCUT2D eigenvalue weighted by atomic mass is 35.5. The molecule has 0 unspecified atom stereocenters. The number of nitrogens with zero attached hydrogens (tertiary/aromatic N) is 2. The molecule has 1 heterocycles. The predicted octanol–water partition coefficient (Wildman–Crippen LogP) is 3.22. The molecular weight excluding hydrogens is 359 g/mol. The summed E-state index contributed by atoms with van der Waals surface area (Å²) in [6.45, 7) is 2.65. The first kappa shape index (κ1) is 18.3. The van der Waals surface area contributed by atoms with Gasteiger partial charge in [0.05, 0.1) is 12.1 Å². The molecule has 138 valence electrons. The van der Waals surface area contributed by atoms with Crippen LogP contribution in [0.1, 0.15) is 0 Å². The number of halogens is 2. The van der Waals surface area contributed by atoms with E-state index < -0.39 is 5.82 Å². The molecule has 0 saturated carbocycles. The van der Waals surface area contributed by atoms with Crippen LogP contribution in [0.2, 0.25) is 5.02 Å². The molecule has 1 saturated heterocycles. The number of carbonyl (C=O) groups excluding carboxylic acids is 1. The SMILES string of the molecule is COc1ccc(N2CCN(C(=O)COc3ccc(F)c(Cl)c3)CC2)cc1. The van der Waals surface area contributed by atoms with Gasteiger partial charge >= 0.3 is 0 Å². The lowest BCUT2D eigenvalue weighted by Gasteiger charge is -2.36. The van der Waals surface area contributed by atoms with Crippen molar-refractivity contribution < 1.29 is 18.7 Å². The number of amides is 1. The summed E-state index contributed by atoms with van der Waals surface area (Å²) >= 11 is 5.71. The second kappa shape index (κ2) is 8.27. The lowest BCUT2D eigenvalue weighted by atomic mass is 10.2. The van der Waals surface area contributed by atoms with Gasteiger partial charge < -0.3 is 19.3 Å². The first-order valence-corrected chi connectivity index (χ1v) is 8.69. The van der Waals surface area contributed by atoms with Crippen molar-refractivity contribution in [1.29, 1.82) is 0 Å². The van der Waals surface area contributed by atoms with Gasteiger partial charge in [0.15, 0.2) is 6.61 Å². The highest BCUT2D eigenvalue weighted by Gasteiger charge is 2.21. The maximum absolute atomic E-state index is 13.1. The average molecular weight is 379 g/mol. The number of benzene rings is 2. The van der Waals surface area contributed by atoms with Gasteiger partial charge in [-0.2, -0.15) is 0 Å². The molecule has 7 heteroatoms. The van der Waals surface area contributed by atoms with Gasteiger partial charge in [-0.25, -0.2) is 4.39 Å². The van der Waals surface area contributed by atoms with Gasteiger partial charge in [-0.1, -0.05) is 11.6 Å². The molecule has 2 aromatic carbocycles. The zero-order valence-electron chi connectivity index (χ0n) is 14.5. The van der Waals surface area contributed by atoms with Crippen LogP contribution in [-0.2, 0) is 4.79 Å². The molecule has 0 N–H and O–H groups in total. The molecule has 2 aromatic rings. The van der Waals surface area contributed by atoms with Crippen LogP contribution in [0.5, 0.6) is 11.5 Å². The predicted molar refractivity (Wildman–Crippen MR) is 98.7 cm³/mol. The van der Waals surface area contributed by atoms with E-state index in [9.17, 15) is 9.18 Å². The van der Waals surface area contributed by atoms with Crippen LogP contribution in [0.15, 0.2) is 42.5 Å². The van der Waals surface area contributed by atoms with E-state index in [0.29, 0.717) is 18.8 Å². The lowest BCUT2D eigenvalue weighted by molar-refractivity contribution is -0.133. The Morgan fingerprint density at radius 1 is 1.08 bits per heavy atom.